The Morgan fingerprint density at radius 2 is 2.20 bits per heavy atom. The SMILES string of the molecule is CCSC1CCCC1Nc1cccc(OC(C)C)c1N. The molecule has 2 unspecified atom stereocenters. The Hall–Kier alpha value is -1.03. The molecule has 1 aliphatic rings. The molecule has 2 atom stereocenters. The summed E-state index contributed by atoms with van der Waals surface area (Å²) in [5, 5.41) is 4.33. The third-order valence-electron chi connectivity index (χ3n) is 3.60. The topological polar surface area (TPSA) is 47.3 Å². The van der Waals surface area contributed by atoms with Gasteiger partial charge in [0.05, 0.1) is 17.5 Å². The smallest absolute Gasteiger partial charge is 0.144 e. The van der Waals surface area contributed by atoms with Gasteiger partial charge in [0.2, 0.25) is 0 Å². The lowest BCUT2D eigenvalue weighted by Gasteiger charge is -2.23. The van der Waals surface area contributed by atoms with Crippen LogP contribution in [-0.4, -0.2) is 23.1 Å². The van der Waals surface area contributed by atoms with Gasteiger partial charge in [0, 0.05) is 11.3 Å². The highest BCUT2D eigenvalue weighted by molar-refractivity contribution is 7.99. The minimum Gasteiger partial charge on any atom is -0.489 e. The van der Waals surface area contributed by atoms with Gasteiger partial charge in [-0.2, -0.15) is 11.8 Å². The van der Waals surface area contributed by atoms with E-state index in [0.717, 1.165) is 17.1 Å². The first-order valence-corrected chi connectivity index (χ1v) is 8.60. The van der Waals surface area contributed by atoms with Crippen molar-refractivity contribution in [3.8, 4) is 5.75 Å². The Morgan fingerprint density at radius 1 is 1.40 bits per heavy atom. The van der Waals surface area contributed by atoms with Gasteiger partial charge in [-0.25, -0.2) is 0 Å². The van der Waals surface area contributed by atoms with Gasteiger partial charge in [-0.3, -0.25) is 0 Å². The maximum atomic E-state index is 6.23. The monoisotopic (exact) mass is 294 g/mol. The van der Waals surface area contributed by atoms with Gasteiger partial charge in [-0.05, 0) is 44.6 Å². The van der Waals surface area contributed by atoms with E-state index in [1.54, 1.807) is 0 Å². The zero-order valence-electron chi connectivity index (χ0n) is 12.7. The summed E-state index contributed by atoms with van der Waals surface area (Å²) >= 11 is 2.05. The standard InChI is InChI=1S/C16H26N2OS/c1-4-20-15-10-6-7-12(15)18-13-8-5-9-14(16(13)17)19-11(2)3/h5,8-9,11-12,15,18H,4,6-7,10,17H2,1-3H3. The number of rotatable bonds is 6. The summed E-state index contributed by atoms with van der Waals surface area (Å²) < 4.78 is 5.75. The summed E-state index contributed by atoms with van der Waals surface area (Å²) in [5.74, 6) is 1.96. The van der Waals surface area contributed by atoms with Crippen molar-refractivity contribution in [2.45, 2.75) is 57.4 Å². The number of nitrogens with one attached hydrogen (secondary N) is 1. The van der Waals surface area contributed by atoms with E-state index in [1.807, 2.05) is 26.0 Å². The summed E-state index contributed by atoms with van der Waals surface area (Å²) in [5.41, 5.74) is 7.98. The van der Waals surface area contributed by atoms with Crippen LogP contribution >= 0.6 is 11.8 Å². The molecule has 1 fully saturated rings. The van der Waals surface area contributed by atoms with Crippen molar-refractivity contribution in [3.63, 3.8) is 0 Å². The molecule has 3 nitrogen and oxygen atoms in total. The second kappa shape index (κ2) is 7.11. The van der Waals surface area contributed by atoms with Crippen molar-refractivity contribution in [2.24, 2.45) is 0 Å². The van der Waals surface area contributed by atoms with Crippen molar-refractivity contribution >= 4 is 23.1 Å². The molecule has 2 rings (SSSR count). The number of para-hydroxylation sites is 1. The van der Waals surface area contributed by atoms with Crippen LogP contribution in [0.25, 0.3) is 0 Å². The van der Waals surface area contributed by atoms with Crippen molar-refractivity contribution in [3.05, 3.63) is 18.2 Å². The second-order valence-corrected chi connectivity index (χ2v) is 7.08. The van der Waals surface area contributed by atoms with E-state index in [2.05, 4.69) is 30.1 Å². The first kappa shape index (κ1) is 15.4. The normalized spacial score (nSPS) is 22.2. The maximum absolute atomic E-state index is 6.23. The molecule has 1 aliphatic carbocycles. The fraction of sp³-hybridized carbons (Fsp3) is 0.625. The molecule has 0 bridgehead atoms. The number of ether oxygens (including phenoxy) is 1. The number of hydrogen-bond acceptors (Lipinski definition) is 4. The van der Waals surface area contributed by atoms with Gasteiger partial charge in [-0.1, -0.05) is 19.4 Å². The van der Waals surface area contributed by atoms with E-state index < -0.39 is 0 Å². The number of thioether (sulfide) groups is 1. The molecule has 4 heteroatoms. The molecule has 1 aromatic carbocycles. The predicted octanol–water partition coefficient (Wildman–Crippen LogP) is 4.14. The molecule has 1 aromatic rings. The van der Waals surface area contributed by atoms with E-state index in [9.17, 15) is 0 Å². The fourth-order valence-electron chi connectivity index (χ4n) is 2.73. The van der Waals surface area contributed by atoms with Gasteiger partial charge in [0.25, 0.3) is 0 Å². The summed E-state index contributed by atoms with van der Waals surface area (Å²) in [4.78, 5) is 0. The van der Waals surface area contributed by atoms with Crippen molar-refractivity contribution < 1.29 is 4.74 Å². The van der Waals surface area contributed by atoms with Crippen molar-refractivity contribution in [1.29, 1.82) is 0 Å². The lowest BCUT2D eigenvalue weighted by Crippen LogP contribution is -2.26. The van der Waals surface area contributed by atoms with Crippen LogP contribution in [0, 0.1) is 0 Å². The first-order chi connectivity index (χ1) is 9.61. The van der Waals surface area contributed by atoms with E-state index in [-0.39, 0.29) is 6.10 Å². The zero-order chi connectivity index (χ0) is 14.5. The van der Waals surface area contributed by atoms with Crippen LogP contribution in [0.5, 0.6) is 5.75 Å². The second-order valence-electron chi connectivity index (χ2n) is 5.56. The Balaban J connectivity index is 2.09. The molecule has 3 N–H and O–H groups in total. The van der Waals surface area contributed by atoms with Gasteiger partial charge in [0.1, 0.15) is 5.75 Å². The number of nitrogens with two attached hydrogens (primary N) is 1. The summed E-state index contributed by atoms with van der Waals surface area (Å²) in [6, 6.07) is 6.52. The summed E-state index contributed by atoms with van der Waals surface area (Å²) in [6.45, 7) is 6.26. The minimum atomic E-state index is 0.141. The molecule has 0 radical (unpaired) electrons. The van der Waals surface area contributed by atoms with Crippen LogP contribution in [0.2, 0.25) is 0 Å². The lowest BCUT2D eigenvalue weighted by molar-refractivity contribution is 0.244. The molecule has 0 saturated heterocycles. The number of hydrogen-bond donors (Lipinski definition) is 2. The first-order valence-electron chi connectivity index (χ1n) is 7.55. The third-order valence-corrected chi connectivity index (χ3v) is 4.93. The minimum absolute atomic E-state index is 0.141. The Bertz CT molecular complexity index is 436. The van der Waals surface area contributed by atoms with Crippen LogP contribution in [0.15, 0.2) is 18.2 Å². The average Bonchev–Trinajstić information content (AvgIpc) is 2.82. The predicted molar refractivity (Wildman–Crippen MR) is 89.8 cm³/mol. The lowest BCUT2D eigenvalue weighted by atomic mass is 10.2. The van der Waals surface area contributed by atoms with E-state index in [1.165, 1.54) is 25.0 Å². The molecule has 0 aliphatic heterocycles. The van der Waals surface area contributed by atoms with Gasteiger partial charge < -0.3 is 15.8 Å². The highest BCUT2D eigenvalue weighted by Gasteiger charge is 2.27. The summed E-state index contributed by atoms with van der Waals surface area (Å²) in [6.07, 6.45) is 3.98. The quantitative estimate of drug-likeness (QED) is 0.774. The molecular formula is C16H26N2OS. The van der Waals surface area contributed by atoms with Crippen LogP contribution < -0.4 is 15.8 Å². The molecule has 0 aromatic heterocycles. The third kappa shape index (κ3) is 3.75. The number of benzene rings is 1. The largest absolute Gasteiger partial charge is 0.489 e. The van der Waals surface area contributed by atoms with Crippen LogP contribution in [-0.2, 0) is 0 Å². The van der Waals surface area contributed by atoms with Crippen LogP contribution in [0.3, 0.4) is 0 Å². The van der Waals surface area contributed by atoms with E-state index in [0.29, 0.717) is 11.3 Å². The fourth-order valence-corrected chi connectivity index (χ4v) is 3.93. The van der Waals surface area contributed by atoms with Crippen molar-refractivity contribution in [1.82, 2.24) is 0 Å². The Morgan fingerprint density at radius 3 is 2.90 bits per heavy atom. The van der Waals surface area contributed by atoms with Crippen LogP contribution in [0.1, 0.15) is 40.0 Å². The number of nitrogen functional groups attached to an aromatic ring is 1. The van der Waals surface area contributed by atoms with E-state index in [4.69, 9.17) is 10.5 Å². The molecule has 1 saturated carbocycles. The Labute approximate surface area is 126 Å². The Kier molecular flexibility index (Phi) is 5.46. The van der Waals surface area contributed by atoms with Gasteiger partial charge >= 0.3 is 0 Å². The van der Waals surface area contributed by atoms with E-state index >= 15 is 0 Å². The van der Waals surface area contributed by atoms with Gasteiger partial charge in [0.15, 0.2) is 0 Å². The highest BCUT2D eigenvalue weighted by Crippen LogP contribution is 2.36. The van der Waals surface area contributed by atoms with Crippen LogP contribution in [0.4, 0.5) is 11.4 Å². The molecular weight excluding hydrogens is 268 g/mol. The zero-order valence-corrected chi connectivity index (χ0v) is 13.5. The van der Waals surface area contributed by atoms with Crippen molar-refractivity contribution in [2.75, 3.05) is 16.8 Å². The molecule has 20 heavy (non-hydrogen) atoms. The molecule has 0 heterocycles. The molecule has 0 amide bonds. The molecule has 0 spiro atoms. The maximum Gasteiger partial charge on any atom is 0.144 e. The highest BCUT2D eigenvalue weighted by atomic mass is 32.2. The average molecular weight is 294 g/mol. The number of anilines is 2. The summed E-state index contributed by atoms with van der Waals surface area (Å²) in [7, 11) is 0. The molecule has 112 valence electrons. The van der Waals surface area contributed by atoms with Gasteiger partial charge in [-0.15, -0.1) is 0 Å².